The van der Waals surface area contributed by atoms with Crippen molar-refractivity contribution in [3.8, 4) is 17.1 Å². The number of nitrogens with zero attached hydrogens (tertiary/aromatic N) is 6. The number of benzene rings is 1. The van der Waals surface area contributed by atoms with Gasteiger partial charge in [0.25, 0.3) is 5.91 Å². The molecule has 0 aliphatic heterocycles. The molecule has 11 heteroatoms. The Morgan fingerprint density at radius 2 is 1.97 bits per heavy atom. The first kappa shape index (κ1) is 22.4. The number of aromatic nitrogens is 6. The molecule has 1 aromatic carbocycles. The number of carbonyl (C=O) groups excluding carboxylic acids is 1. The Labute approximate surface area is 205 Å². The van der Waals surface area contributed by atoms with Crippen molar-refractivity contribution in [2.24, 2.45) is 0 Å². The van der Waals surface area contributed by atoms with E-state index in [0.717, 1.165) is 11.1 Å². The lowest BCUT2D eigenvalue weighted by Crippen LogP contribution is -2.15. The lowest BCUT2D eigenvalue weighted by Gasteiger charge is -2.10. The van der Waals surface area contributed by atoms with Crippen molar-refractivity contribution in [2.45, 2.75) is 13.5 Å². The molecule has 176 valence electrons. The fourth-order valence-corrected chi connectivity index (χ4v) is 4.08. The van der Waals surface area contributed by atoms with Gasteiger partial charge >= 0.3 is 0 Å². The van der Waals surface area contributed by atoms with E-state index in [-0.39, 0.29) is 11.4 Å². The number of halogens is 1. The van der Waals surface area contributed by atoms with Gasteiger partial charge in [-0.25, -0.2) is 19.2 Å². The van der Waals surface area contributed by atoms with Gasteiger partial charge < -0.3 is 15.8 Å². The predicted molar refractivity (Wildman–Crippen MR) is 133 cm³/mol. The molecule has 4 aromatic heterocycles. The van der Waals surface area contributed by atoms with E-state index in [4.69, 9.17) is 22.1 Å². The number of nitrogens with one attached hydrogen (secondary N) is 1. The molecule has 0 aliphatic rings. The van der Waals surface area contributed by atoms with Crippen molar-refractivity contribution in [2.75, 3.05) is 18.2 Å². The van der Waals surface area contributed by atoms with Gasteiger partial charge in [0.05, 0.1) is 19.3 Å². The van der Waals surface area contributed by atoms with Crippen LogP contribution in [0.5, 0.6) is 5.88 Å². The summed E-state index contributed by atoms with van der Waals surface area (Å²) in [6.45, 7) is 2.39. The summed E-state index contributed by atoms with van der Waals surface area (Å²) >= 11 is 6.35. The van der Waals surface area contributed by atoms with Gasteiger partial charge in [-0.1, -0.05) is 41.9 Å². The highest BCUT2D eigenvalue weighted by molar-refractivity contribution is 6.30. The van der Waals surface area contributed by atoms with E-state index >= 15 is 0 Å². The second kappa shape index (κ2) is 9.07. The molecule has 0 spiro atoms. The molecule has 0 saturated carbocycles. The Bertz CT molecular complexity index is 1540. The third-order valence-corrected chi connectivity index (χ3v) is 5.81. The molecule has 3 N–H and O–H groups in total. The van der Waals surface area contributed by atoms with Crippen LogP contribution >= 0.6 is 11.6 Å². The van der Waals surface area contributed by atoms with E-state index < -0.39 is 5.91 Å². The first-order chi connectivity index (χ1) is 16.9. The maximum atomic E-state index is 13.2. The van der Waals surface area contributed by atoms with E-state index in [0.29, 0.717) is 40.1 Å². The highest BCUT2D eigenvalue weighted by Gasteiger charge is 2.20. The van der Waals surface area contributed by atoms with E-state index in [9.17, 15) is 4.79 Å². The smallest absolute Gasteiger partial charge is 0.262 e. The number of nitrogens with two attached hydrogens (primary N) is 1. The molecule has 0 bridgehead atoms. The largest absolute Gasteiger partial charge is 0.480 e. The van der Waals surface area contributed by atoms with Crippen molar-refractivity contribution in [3.63, 3.8) is 0 Å². The van der Waals surface area contributed by atoms with E-state index in [1.54, 1.807) is 27.5 Å². The molecular weight excluding hydrogens is 468 g/mol. The predicted octanol–water partition coefficient (Wildman–Crippen LogP) is 3.84. The Morgan fingerprint density at radius 3 is 2.74 bits per heavy atom. The standard InChI is InChI=1S/C24H21ClN8O2/c1-14-8-18(33-21(14)22(26)28-13-29-33)16-9-17(24(35-2)27-11-16)23(34)30-20-10-19(25)32(31-20)12-15-6-4-3-5-7-15/h3-11,13H,12H2,1-2H3,(H2,26,28,29)(H,30,31,34). The summed E-state index contributed by atoms with van der Waals surface area (Å²) in [5.74, 6) is 0.413. The first-order valence-corrected chi connectivity index (χ1v) is 11.0. The maximum Gasteiger partial charge on any atom is 0.262 e. The third-order valence-electron chi connectivity index (χ3n) is 5.51. The Morgan fingerprint density at radius 1 is 1.17 bits per heavy atom. The molecule has 4 heterocycles. The summed E-state index contributed by atoms with van der Waals surface area (Å²) in [5.41, 5.74) is 10.3. The average Bonchev–Trinajstić information content (AvgIpc) is 3.38. The van der Waals surface area contributed by atoms with Gasteiger partial charge in [0.15, 0.2) is 11.6 Å². The fraction of sp³-hybridized carbons (Fsp3) is 0.125. The molecule has 0 unspecified atom stereocenters. The summed E-state index contributed by atoms with van der Waals surface area (Å²) in [4.78, 5) is 21.6. The molecule has 0 atom stereocenters. The van der Waals surface area contributed by atoms with Crippen molar-refractivity contribution in [1.82, 2.24) is 29.4 Å². The monoisotopic (exact) mass is 488 g/mol. The van der Waals surface area contributed by atoms with Gasteiger partial charge in [0.2, 0.25) is 5.88 Å². The highest BCUT2D eigenvalue weighted by Crippen LogP contribution is 2.30. The number of fused-ring (bicyclic) bond motifs is 1. The number of carbonyl (C=O) groups is 1. The first-order valence-electron chi connectivity index (χ1n) is 10.7. The molecule has 0 aliphatic carbocycles. The number of nitrogen functional groups attached to an aromatic ring is 1. The van der Waals surface area contributed by atoms with Crippen LogP contribution in [0.1, 0.15) is 21.5 Å². The van der Waals surface area contributed by atoms with Gasteiger partial charge in [-0.2, -0.15) is 10.2 Å². The number of pyridine rings is 1. The summed E-state index contributed by atoms with van der Waals surface area (Å²) < 4.78 is 8.62. The number of rotatable bonds is 6. The number of amides is 1. The van der Waals surface area contributed by atoms with E-state index in [1.165, 1.54) is 13.4 Å². The van der Waals surface area contributed by atoms with Gasteiger partial charge in [-0.3, -0.25) is 4.79 Å². The molecule has 0 fully saturated rings. The maximum absolute atomic E-state index is 13.2. The summed E-state index contributed by atoms with van der Waals surface area (Å²) in [6, 6.07) is 15.0. The number of aryl methyl sites for hydroxylation is 1. The Balaban J connectivity index is 1.46. The van der Waals surface area contributed by atoms with Crippen LogP contribution in [0.25, 0.3) is 16.8 Å². The van der Waals surface area contributed by atoms with Crippen LogP contribution < -0.4 is 15.8 Å². The zero-order valence-electron chi connectivity index (χ0n) is 18.9. The summed E-state index contributed by atoms with van der Waals surface area (Å²) in [7, 11) is 1.45. The number of hydrogen-bond acceptors (Lipinski definition) is 7. The Hall–Kier alpha value is -4.44. The van der Waals surface area contributed by atoms with Crippen molar-refractivity contribution in [1.29, 1.82) is 0 Å². The fourth-order valence-electron chi connectivity index (χ4n) is 3.88. The van der Waals surface area contributed by atoms with Crippen LogP contribution in [0.3, 0.4) is 0 Å². The number of methoxy groups -OCH3 is 1. The zero-order chi connectivity index (χ0) is 24.5. The van der Waals surface area contributed by atoms with Gasteiger partial charge in [0, 0.05) is 17.8 Å². The number of hydrogen-bond donors (Lipinski definition) is 2. The normalized spacial score (nSPS) is 11.1. The second-order valence-electron chi connectivity index (χ2n) is 7.85. The minimum Gasteiger partial charge on any atom is -0.480 e. The second-order valence-corrected chi connectivity index (χ2v) is 8.24. The lowest BCUT2D eigenvalue weighted by molar-refractivity contribution is 0.102. The van der Waals surface area contributed by atoms with Crippen LogP contribution in [0, 0.1) is 6.92 Å². The van der Waals surface area contributed by atoms with Crippen LogP contribution in [-0.4, -0.2) is 42.4 Å². The molecule has 0 saturated heterocycles. The highest BCUT2D eigenvalue weighted by atomic mass is 35.5. The van der Waals surface area contributed by atoms with Crippen molar-refractivity contribution in [3.05, 3.63) is 82.9 Å². The average molecular weight is 489 g/mol. The van der Waals surface area contributed by atoms with Crippen LogP contribution in [0.15, 0.2) is 61.1 Å². The van der Waals surface area contributed by atoms with Crippen molar-refractivity contribution < 1.29 is 9.53 Å². The quantitative estimate of drug-likeness (QED) is 0.372. The van der Waals surface area contributed by atoms with E-state index in [2.05, 4.69) is 25.5 Å². The van der Waals surface area contributed by atoms with Crippen LogP contribution in [0.4, 0.5) is 11.6 Å². The van der Waals surface area contributed by atoms with Crippen LogP contribution in [0.2, 0.25) is 5.15 Å². The van der Waals surface area contributed by atoms with Gasteiger partial charge in [-0.05, 0) is 30.2 Å². The number of anilines is 2. The van der Waals surface area contributed by atoms with Crippen molar-refractivity contribution >= 4 is 34.7 Å². The molecule has 0 radical (unpaired) electrons. The third kappa shape index (κ3) is 4.26. The number of ether oxygens (including phenoxy) is 1. The topological polar surface area (TPSA) is 125 Å². The summed E-state index contributed by atoms with van der Waals surface area (Å²) in [5, 5.41) is 11.9. The molecule has 10 nitrogen and oxygen atoms in total. The minimum atomic E-state index is -0.441. The minimum absolute atomic E-state index is 0.174. The lowest BCUT2D eigenvalue weighted by atomic mass is 10.1. The van der Waals surface area contributed by atoms with E-state index in [1.807, 2.05) is 43.3 Å². The van der Waals surface area contributed by atoms with Crippen LogP contribution in [-0.2, 0) is 6.54 Å². The SMILES string of the molecule is COc1ncc(-c2cc(C)c3c(N)ncnn23)cc1C(=O)Nc1cc(Cl)n(Cc2ccccc2)n1. The van der Waals surface area contributed by atoms with Gasteiger partial charge in [0.1, 0.15) is 22.6 Å². The molecule has 5 aromatic rings. The molecule has 5 rings (SSSR count). The summed E-state index contributed by atoms with van der Waals surface area (Å²) in [6.07, 6.45) is 2.99. The molecule has 35 heavy (non-hydrogen) atoms. The Kier molecular flexibility index (Phi) is 5.79. The molecule has 1 amide bonds. The zero-order valence-corrected chi connectivity index (χ0v) is 19.7. The van der Waals surface area contributed by atoms with Gasteiger partial charge in [-0.15, -0.1) is 0 Å². The molecular formula is C24H21ClN8O2.